The summed E-state index contributed by atoms with van der Waals surface area (Å²) >= 11 is 0. The van der Waals surface area contributed by atoms with Crippen molar-refractivity contribution in [3.8, 4) is 6.07 Å². The molecule has 0 spiro atoms. The van der Waals surface area contributed by atoms with Gasteiger partial charge in [-0.3, -0.25) is 0 Å². The smallest absolute Gasteiger partial charge is 0.207 e. The van der Waals surface area contributed by atoms with E-state index >= 15 is 0 Å². The predicted octanol–water partition coefficient (Wildman–Crippen LogP) is 2.17. The molecule has 1 aromatic rings. The van der Waals surface area contributed by atoms with Gasteiger partial charge in [-0.2, -0.15) is 9.57 Å². The molecule has 1 aliphatic rings. The Labute approximate surface area is 114 Å². The van der Waals surface area contributed by atoms with Gasteiger partial charge in [-0.05, 0) is 36.5 Å². The molecule has 0 bridgehead atoms. The fourth-order valence-corrected chi connectivity index (χ4v) is 3.53. The van der Waals surface area contributed by atoms with E-state index in [2.05, 4.69) is 6.07 Å². The van der Waals surface area contributed by atoms with Crippen LogP contribution in [0.1, 0.15) is 25.3 Å². The first-order valence-electron chi connectivity index (χ1n) is 6.54. The summed E-state index contributed by atoms with van der Waals surface area (Å²) in [7, 11) is -3.39. The number of hydrogen-bond acceptors (Lipinski definition) is 3. The van der Waals surface area contributed by atoms with Crippen LogP contribution in [0, 0.1) is 17.2 Å². The van der Waals surface area contributed by atoms with E-state index < -0.39 is 10.0 Å². The average Bonchev–Trinajstić information content (AvgIpc) is 3.21. The molecule has 0 aliphatic heterocycles. The highest BCUT2D eigenvalue weighted by molar-refractivity contribution is 7.89. The lowest BCUT2D eigenvalue weighted by Crippen LogP contribution is -2.32. The zero-order chi connectivity index (χ0) is 13.9. The molecule has 19 heavy (non-hydrogen) atoms. The lowest BCUT2D eigenvalue weighted by molar-refractivity contribution is 0.412. The van der Waals surface area contributed by atoms with Crippen molar-refractivity contribution >= 4 is 10.0 Å². The van der Waals surface area contributed by atoms with E-state index in [9.17, 15) is 8.42 Å². The topological polar surface area (TPSA) is 61.2 Å². The molecule has 0 atom stereocenters. The van der Waals surface area contributed by atoms with Crippen molar-refractivity contribution in [3.05, 3.63) is 29.8 Å². The molecule has 5 heteroatoms. The minimum absolute atomic E-state index is 0.305. The number of rotatable bonds is 6. The molecule has 102 valence electrons. The molecule has 0 unspecified atom stereocenters. The molecular formula is C14H18N2O2S. The van der Waals surface area contributed by atoms with E-state index in [-0.39, 0.29) is 0 Å². The third kappa shape index (κ3) is 3.34. The second-order valence-corrected chi connectivity index (χ2v) is 6.82. The summed E-state index contributed by atoms with van der Waals surface area (Å²) in [6.07, 6.45) is 2.57. The quantitative estimate of drug-likeness (QED) is 0.801. The predicted molar refractivity (Wildman–Crippen MR) is 72.9 cm³/mol. The Morgan fingerprint density at radius 3 is 2.42 bits per heavy atom. The van der Waals surface area contributed by atoms with Crippen LogP contribution in [-0.4, -0.2) is 25.8 Å². The monoisotopic (exact) mass is 278 g/mol. The Bertz CT molecular complexity index is 568. The lowest BCUT2D eigenvalue weighted by Gasteiger charge is -2.20. The zero-order valence-electron chi connectivity index (χ0n) is 11.0. The van der Waals surface area contributed by atoms with Crippen molar-refractivity contribution < 1.29 is 8.42 Å². The fourth-order valence-electron chi connectivity index (χ4n) is 2.01. The van der Waals surface area contributed by atoms with Gasteiger partial charge < -0.3 is 0 Å². The Morgan fingerprint density at radius 2 is 1.95 bits per heavy atom. The summed E-state index contributed by atoms with van der Waals surface area (Å²) in [6, 6.07) is 8.66. The standard InChI is InChI=1S/C14H18N2O2S/c1-2-16(11-13-3-4-13)19(17,18)14-7-5-12(6-8-14)9-10-15/h5-8,13H,2-4,9,11H2,1H3. The van der Waals surface area contributed by atoms with Gasteiger partial charge >= 0.3 is 0 Å². The minimum Gasteiger partial charge on any atom is -0.207 e. The molecule has 0 radical (unpaired) electrons. The number of nitrogens with zero attached hydrogens (tertiary/aromatic N) is 2. The van der Waals surface area contributed by atoms with Crippen LogP contribution in [0.4, 0.5) is 0 Å². The maximum absolute atomic E-state index is 12.5. The van der Waals surface area contributed by atoms with Crippen LogP contribution in [0.5, 0.6) is 0 Å². The summed E-state index contributed by atoms with van der Waals surface area (Å²) in [6.45, 7) is 2.99. The van der Waals surface area contributed by atoms with Crippen molar-refractivity contribution in [1.82, 2.24) is 4.31 Å². The van der Waals surface area contributed by atoms with E-state index in [0.29, 0.717) is 30.3 Å². The Morgan fingerprint density at radius 1 is 1.32 bits per heavy atom. The van der Waals surface area contributed by atoms with Gasteiger partial charge in [-0.15, -0.1) is 0 Å². The maximum Gasteiger partial charge on any atom is 0.243 e. The summed E-state index contributed by atoms with van der Waals surface area (Å²) in [4.78, 5) is 0.316. The molecule has 0 aromatic heterocycles. The molecule has 2 rings (SSSR count). The molecule has 1 saturated carbocycles. The maximum atomic E-state index is 12.5. The zero-order valence-corrected chi connectivity index (χ0v) is 11.9. The highest BCUT2D eigenvalue weighted by Gasteiger charge is 2.30. The van der Waals surface area contributed by atoms with Gasteiger partial charge in [-0.1, -0.05) is 19.1 Å². The van der Waals surface area contributed by atoms with E-state index in [4.69, 9.17) is 5.26 Å². The molecule has 1 fully saturated rings. The van der Waals surface area contributed by atoms with Gasteiger partial charge in [0.05, 0.1) is 17.4 Å². The number of sulfonamides is 1. The van der Waals surface area contributed by atoms with Crippen LogP contribution in [-0.2, 0) is 16.4 Å². The number of hydrogen-bond donors (Lipinski definition) is 0. The first-order chi connectivity index (χ1) is 9.07. The van der Waals surface area contributed by atoms with Crippen molar-refractivity contribution in [2.45, 2.75) is 31.1 Å². The largest absolute Gasteiger partial charge is 0.243 e. The molecular weight excluding hydrogens is 260 g/mol. The molecule has 1 aromatic carbocycles. The van der Waals surface area contributed by atoms with Crippen LogP contribution in [0.25, 0.3) is 0 Å². The summed E-state index contributed by atoms with van der Waals surface area (Å²) < 4.78 is 26.5. The van der Waals surface area contributed by atoms with Crippen molar-refractivity contribution in [3.63, 3.8) is 0 Å². The van der Waals surface area contributed by atoms with Gasteiger partial charge in [0, 0.05) is 13.1 Å². The van der Waals surface area contributed by atoms with Crippen molar-refractivity contribution in [1.29, 1.82) is 5.26 Å². The third-order valence-corrected chi connectivity index (χ3v) is 5.31. The lowest BCUT2D eigenvalue weighted by atomic mass is 10.2. The molecule has 0 amide bonds. The first kappa shape index (κ1) is 14.0. The molecule has 0 N–H and O–H groups in total. The van der Waals surface area contributed by atoms with Crippen molar-refractivity contribution in [2.24, 2.45) is 5.92 Å². The highest BCUT2D eigenvalue weighted by Crippen LogP contribution is 2.31. The molecule has 0 heterocycles. The summed E-state index contributed by atoms with van der Waals surface area (Å²) in [5, 5.41) is 8.60. The number of nitriles is 1. The summed E-state index contributed by atoms with van der Waals surface area (Å²) in [5.74, 6) is 0.535. The Kier molecular flexibility index (Phi) is 4.23. The van der Waals surface area contributed by atoms with E-state index in [1.165, 1.54) is 0 Å². The fraction of sp³-hybridized carbons (Fsp3) is 0.500. The number of benzene rings is 1. The van der Waals surface area contributed by atoms with Crippen LogP contribution in [0.3, 0.4) is 0 Å². The van der Waals surface area contributed by atoms with E-state index in [1.807, 2.05) is 6.92 Å². The third-order valence-electron chi connectivity index (χ3n) is 3.36. The molecule has 0 saturated heterocycles. The minimum atomic E-state index is -3.39. The Hall–Kier alpha value is -1.38. The van der Waals surface area contributed by atoms with Crippen LogP contribution in [0.15, 0.2) is 29.2 Å². The first-order valence-corrected chi connectivity index (χ1v) is 7.98. The Balaban J connectivity index is 2.19. The van der Waals surface area contributed by atoms with Crippen molar-refractivity contribution in [2.75, 3.05) is 13.1 Å². The van der Waals surface area contributed by atoms with Gasteiger partial charge in [0.15, 0.2) is 0 Å². The van der Waals surface area contributed by atoms with Crippen LogP contribution < -0.4 is 0 Å². The second kappa shape index (κ2) is 5.72. The van der Waals surface area contributed by atoms with Gasteiger partial charge in [0.1, 0.15) is 0 Å². The normalized spacial score (nSPS) is 15.4. The van der Waals surface area contributed by atoms with Gasteiger partial charge in [0.25, 0.3) is 0 Å². The van der Waals surface area contributed by atoms with Gasteiger partial charge in [-0.25, -0.2) is 8.42 Å². The second-order valence-electron chi connectivity index (χ2n) is 4.88. The SMILES string of the molecule is CCN(CC1CC1)S(=O)(=O)c1ccc(CC#N)cc1. The van der Waals surface area contributed by atoms with E-state index in [0.717, 1.165) is 18.4 Å². The van der Waals surface area contributed by atoms with Crippen LogP contribution in [0.2, 0.25) is 0 Å². The van der Waals surface area contributed by atoms with Gasteiger partial charge in [0.2, 0.25) is 10.0 Å². The average molecular weight is 278 g/mol. The van der Waals surface area contributed by atoms with Crippen LogP contribution >= 0.6 is 0 Å². The highest BCUT2D eigenvalue weighted by atomic mass is 32.2. The summed E-state index contributed by atoms with van der Waals surface area (Å²) in [5.41, 5.74) is 0.840. The molecule has 1 aliphatic carbocycles. The molecule has 4 nitrogen and oxygen atoms in total. The van der Waals surface area contributed by atoms with E-state index in [1.54, 1.807) is 28.6 Å².